The van der Waals surface area contributed by atoms with E-state index in [1.54, 1.807) is 4.90 Å². The van der Waals surface area contributed by atoms with Crippen LogP contribution in [0.5, 0.6) is 0 Å². The number of hydrogen-bond acceptors (Lipinski definition) is 3. The topological polar surface area (TPSA) is 61.4 Å². The summed E-state index contributed by atoms with van der Waals surface area (Å²) in [7, 11) is 0. The van der Waals surface area contributed by atoms with E-state index in [0.717, 1.165) is 25.9 Å². The van der Waals surface area contributed by atoms with E-state index in [1.807, 2.05) is 0 Å². The number of rotatable bonds is 2. The molecule has 0 spiro atoms. The molecular weight excluding hydrogens is 230 g/mol. The van der Waals surface area contributed by atoms with Crippen LogP contribution in [0.25, 0.3) is 0 Å². The number of nitrogens with zero attached hydrogens (tertiary/aromatic N) is 1. The minimum Gasteiger partial charge on any atom is -0.347 e. The third-order valence-corrected chi connectivity index (χ3v) is 4.08. The van der Waals surface area contributed by atoms with Gasteiger partial charge in [-0.25, -0.2) is 0 Å². The summed E-state index contributed by atoms with van der Waals surface area (Å²) >= 11 is 0. The van der Waals surface area contributed by atoms with Crippen LogP contribution in [0, 0.1) is 5.41 Å². The smallest absolute Gasteiger partial charge is 0.311 e. The average Bonchev–Trinajstić information content (AvgIpc) is 2.83. The van der Waals surface area contributed by atoms with E-state index in [4.69, 9.17) is 0 Å². The van der Waals surface area contributed by atoms with Crippen LogP contribution in [0.2, 0.25) is 0 Å². The van der Waals surface area contributed by atoms with E-state index in [0.29, 0.717) is 19.6 Å². The van der Waals surface area contributed by atoms with Crippen molar-refractivity contribution in [2.24, 2.45) is 5.41 Å². The van der Waals surface area contributed by atoms with Gasteiger partial charge in [-0.2, -0.15) is 0 Å². The van der Waals surface area contributed by atoms with Crippen molar-refractivity contribution in [1.82, 2.24) is 15.5 Å². The number of carbonyl (C=O) groups excluding carboxylic acids is 2. The molecule has 1 saturated heterocycles. The third kappa shape index (κ3) is 3.22. The summed E-state index contributed by atoms with van der Waals surface area (Å²) in [6.07, 6.45) is 4.76. The highest BCUT2D eigenvalue weighted by molar-refractivity contribution is 6.35. The van der Waals surface area contributed by atoms with Crippen LogP contribution >= 0.6 is 0 Å². The maximum Gasteiger partial charge on any atom is 0.311 e. The summed E-state index contributed by atoms with van der Waals surface area (Å²) in [5, 5.41) is 5.98. The first-order chi connectivity index (χ1) is 8.61. The van der Waals surface area contributed by atoms with Gasteiger partial charge in [0, 0.05) is 32.7 Å². The van der Waals surface area contributed by atoms with Crippen LogP contribution in [-0.2, 0) is 9.59 Å². The minimum absolute atomic E-state index is 0.194. The minimum atomic E-state index is -0.440. The van der Waals surface area contributed by atoms with Gasteiger partial charge in [-0.15, -0.1) is 0 Å². The molecule has 0 aromatic carbocycles. The molecule has 18 heavy (non-hydrogen) atoms. The summed E-state index contributed by atoms with van der Waals surface area (Å²) in [5.74, 6) is -0.817. The molecule has 1 aliphatic heterocycles. The molecule has 1 aliphatic carbocycles. The Morgan fingerprint density at radius 3 is 2.44 bits per heavy atom. The van der Waals surface area contributed by atoms with Gasteiger partial charge in [-0.05, 0) is 18.3 Å². The molecule has 0 atom stereocenters. The van der Waals surface area contributed by atoms with Crippen LogP contribution < -0.4 is 10.6 Å². The third-order valence-electron chi connectivity index (χ3n) is 4.08. The van der Waals surface area contributed by atoms with Crippen molar-refractivity contribution in [3.8, 4) is 0 Å². The standard InChI is InChI=1S/C13H23N3O2/c1-13(4-2-3-5-13)10-15-11(17)12(18)16-8-6-14-7-9-16/h14H,2-10H2,1H3,(H,15,17). The largest absolute Gasteiger partial charge is 0.347 e. The van der Waals surface area contributed by atoms with Gasteiger partial charge < -0.3 is 15.5 Å². The van der Waals surface area contributed by atoms with Crippen LogP contribution in [0.1, 0.15) is 32.6 Å². The predicted octanol–water partition coefficient (Wildman–Crippen LogP) is 0.115. The molecule has 1 heterocycles. The second kappa shape index (κ2) is 5.69. The van der Waals surface area contributed by atoms with Gasteiger partial charge in [0.15, 0.2) is 0 Å². The van der Waals surface area contributed by atoms with Crippen LogP contribution in [0.3, 0.4) is 0 Å². The summed E-state index contributed by atoms with van der Waals surface area (Å²) < 4.78 is 0. The molecule has 5 heteroatoms. The van der Waals surface area contributed by atoms with Crippen molar-refractivity contribution in [3.05, 3.63) is 0 Å². The molecule has 2 N–H and O–H groups in total. The Labute approximate surface area is 108 Å². The second-order valence-electron chi connectivity index (χ2n) is 5.74. The molecule has 5 nitrogen and oxygen atoms in total. The Morgan fingerprint density at radius 1 is 1.22 bits per heavy atom. The maximum atomic E-state index is 11.9. The molecule has 102 valence electrons. The predicted molar refractivity (Wildman–Crippen MR) is 69.0 cm³/mol. The van der Waals surface area contributed by atoms with Gasteiger partial charge in [0.2, 0.25) is 0 Å². The summed E-state index contributed by atoms with van der Waals surface area (Å²) in [4.78, 5) is 25.3. The van der Waals surface area contributed by atoms with E-state index in [9.17, 15) is 9.59 Å². The molecule has 0 aromatic rings. The van der Waals surface area contributed by atoms with Crippen molar-refractivity contribution in [1.29, 1.82) is 0 Å². The molecule has 0 radical (unpaired) electrons. The normalized spacial score (nSPS) is 22.8. The Hall–Kier alpha value is -1.10. The van der Waals surface area contributed by atoms with Crippen molar-refractivity contribution < 1.29 is 9.59 Å². The van der Waals surface area contributed by atoms with Crippen molar-refractivity contribution in [2.45, 2.75) is 32.6 Å². The van der Waals surface area contributed by atoms with Crippen molar-refractivity contribution in [2.75, 3.05) is 32.7 Å². The summed E-state index contributed by atoms with van der Waals surface area (Å²) in [5.41, 5.74) is 0.194. The van der Waals surface area contributed by atoms with E-state index < -0.39 is 5.91 Å². The zero-order valence-corrected chi connectivity index (χ0v) is 11.1. The highest BCUT2D eigenvalue weighted by Gasteiger charge is 2.30. The molecule has 2 amide bonds. The van der Waals surface area contributed by atoms with Gasteiger partial charge in [0.25, 0.3) is 0 Å². The van der Waals surface area contributed by atoms with Crippen molar-refractivity contribution in [3.63, 3.8) is 0 Å². The van der Waals surface area contributed by atoms with Crippen molar-refractivity contribution >= 4 is 11.8 Å². The Kier molecular flexibility index (Phi) is 4.22. The number of piperazine rings is 1. The molecule has 0 unspecified atom stereocenters. The molecular formula is C13H23N3O2. The monoisotopic (exact) mass is 253 g/mol. The first-order valence-corrected chi connectivity index (χ1v) is 6.89. The summed E-state index contributed by atoms with van der Waals surface area (Å²) in [6, 6.07) is 0. The zero-order chi connectivity index (χ0) is 13.0. The maximum absolute atomic E-state index is 11.9. The highest BCUT2D eigenvalue weighted by atomic mass is 16.2. The molecule has 2 rings (SSSR count). The first kappa shape index (κ1) is 13.3. The quantitative estimate of drug-likeness (QED) is 0.687. The first-order valence-electron chi connectivity index (χ1n) is 6.89. The van der Waals surface area contributed by atoms with E-state index in [2.05, 4.69) is 17.6 Å². The lowest BCUT2D eigenvalue weighted by Crippen LogP contribution is -2.52. The van der Waals surface area contributed by atoms with E-state index in [1.165, 1.54) is 12.8 Å². The Balaban J connectivity index is 1.78. The molecule has 2 fully saturated rings. The number of hydrogen-bond donors (Lipinski definition) is 2. The average molecular weight is 253 g/mol. The number of nitrogens with one attached hydrogen (secondary N) is 2. The van der Waals surface area contributed by atoms with Crippen LogP contribution in [-0.4, -0.2) is 49.4 Å². The van der Waals surface area contributed by atoms with Crippen LogP contribution in [0.15, 0.2) is 0 Å². The van der Waals surface area contributed by atoms with Gasteiger partial charge in [-0.3, -0.25) is 9.59 Å². The fraction of sp³-hybridized carbons (Fsp3) is 0.846. The Bertz CT molecular complexity index is 318. The molecule has 0 bridgehead atoms. The second-order valence-corrected chi connectivity index (χ2v) is 5.74. The van der Waals surface area contributed by atoms with E-state index >= 15 is 0 Å². The number of carbonyl (C=O) groups is 2. The zero-order valence-electron chi connectivity index (χ0n) is 11.1. The summed E-state index contributed by atoms with van der Waals surface area (Å²) in [6.45, 7) is 5.62. The lowest BCUT2D eigenvalue weighted by atomic mass is 9.89. The molecule has 1 saturated carbocycles. The van der Waals surface area contributed by atoms with Gasteiger partial charge >= 0.3 is 11.8 Å². The number of amides is 2. The highest BCUT2D eigenvalue weighted by Crippen LogP contribution is 2.36. The van der Waals surface area contributed by atoms with E-state index in [-0.39, 0.29) is 11.3 Å². The fourth-order valence-corrected chi connectivity index (χ4v) is 2.79. The molecule has 0 aromatic heterocycles. The fourth-order valence-electron chi connectivity index (χ4n) is 2.79. The lowest BCUT2D eigenvalue weighted by molar-refractivity contribution is -0.146. The SMILES string of the molecule is CC1(CNC(=O)C(=O)N2CCNCC2)CCCC1. The Morgan fingerprint density at radius 2 is 1.83 bits per heavy atom. The van der Waals surface area contributed by atoms with Gasteiger partial charge in [0.05, 0.1) is 0 Å². The lowest BCUT2D eigenvalue weighted by Gasteiger charge is -2.28. The van der Waals surface area contributed by atoms with Gasteiger partial charge in [0.1, 0.15) is 0 Å². The molecule has 2 aliphatic rings. The van der Waals surface area contributed by atoms with Crippen LogP contribution in [0.4, 0.5) is 0 Å². The van der Waals surface area contributed by atoms with Gasteiger partial charge in [-0.1, -0.05) is 19.8 Å².